The van der Waals surface area contributed by atoms with Crippen molar-refractivity contribution in [3.05, 3.63) is 17.5 Å². The van der Waals surface area contributed by atoms with E-state index in [-0.39, 0.29) is 11.4 Å². The van der Waals surface area contributed by atoms with Gasteiger partial charge in [-0.2, -0.15) is 5.26 Å². The van der Waals surface area contributed by atoms with Crippen LogP contribution in [0.1, 0.15) is 23.1 Å². The van der Waals surface area contributed by atoms with E-state index >= 15 is 0 Å². The predicted molar refractivity (Wildman–Crippen MR) is 60.1 cm³/mol. The second kappa shape index (κ2) is 4.47. The van der Waals surface area contributed by atoms with E-state index in [1.54, 1.807) is 13.0 Å². The van der Waals surface area contributed by atoms with E-state index in [4.69, 9.17) is 10.4 Å². The summed E-state index contributed by atoms with van der Waals surface area (Å²) in [6, 6.07) is 2.93. The minimum absolute atomic E-state index is 0.0721. The van der Waals surface area contributed by atoms with Gasteiger partial charge in [0, 0.05) is 5.69 Å². The Kier molecular flexibility index (Phi) is 3.43. The molecule has 1 heterocycles. The number of aromatic nitrogens is 1. The molecule has 0 bridgehead atoms. The molecule has 0 saturated carbocycles. The number of nitrogens with zero attached hydrogens (tertiary/aromatic N) is 1. The molecule has 0 aliphatic carbocycles. The SMILES string of the molecule is Cc1cc(NS(=O)(=O)C(C)C#N)c(C(=O)O)[nH]1. The van der Waals surface area contributed by atoms with Crippen molar-refractivity contribution in [2.45, 2.75) is 19.1 Å². The number of rotatable bonds is 4. The average Bonchev–Trinajstić information content (AvgIpc) is 2.57. The molecule has 1 aromatic rings. The van der Waals surface area contributed by atoms with Crippen LogP contribution in [0.3, 0.4) is 0 Å². The van der Waals surface area contributed by atoms with E-state index in [1.165, 1.54) is 13.0 Å². The number of hydrogen-bond acceptors (Lipinski definition) is 4. The van der Waals surface area contributed by atoms with Crippen LogP contribution in [-0.2, 0) is 10.0 Å². The lowest BCUT2D eigenvalue weighted by Gasteiger charge is -2.08. The molecular formula is C9H11N3O4S. The molecule has 8 heteroatoms. The van der Waals surface area contributed by atoms with Gasteiger partial charge in [0.1, 0.15) is 5.69 Å². The second-order valence-electron chi connectivity index (χ2n) is 3.46. The molecule has 1 aromatic heterocycles. The quantitative estimate of drug-likeness (QED) is 0.731. The largest absolute Gasteiger partial charge is 0.477 e. The summed E-state index contributed by atoms with van der Waals surface area (Å²) in [6.07, 6.45) is 0. The van der Waals surface area contributed by atoms with Crippen molar-refractivity contribution in [2.75, 3.05) is 4.72 Å². The van der Waals surface area contributed by atoms with Crippen LogP contribution in [0.25, 0.3) is 0 Å². The van der Waals surface area contributed by atoms with E-state index in [2.05, 4.69) is 9.71 Å². The molecule has 0 spiro atoms. The molecule has 1 atom stereocenters. The maximum absolute atomic E-state index is 11.6. The molecule has 1 rings (SSSR count). The molecule has 92 valence electrons. The van der Waals surface area contributed by atoms with Crippen molar-refractivity contribution in [2.24, 2.45) is 0 Å². The van der Waals surface area contributed by atoms with E-state index in [9.17, 15) is 13.2 Å². The summed E-state index contributed by atoms with van der Waals surface area (Å²) in [6.45, 7) is 2.81. The zero-order chi connectivity index (χ0) is 13.2. The number of nitrogens with one attached hydrogen (secondary N) is 2. The minimum Gasteiger partial charge on any atom is -0.477 e. The minimum atomic E-state index is -3.90. The van der Waals surface area contributed by atoms with E-state index in [1.807, 2.05) is 0 Å². The third-order valence-corrected chi connectivity index (χ3v) is 3.61. The highest BCUT2D eigenvalue weighted by Crippen LogP contribution is 2.19. The van der Waals surface area contributed by atoms with Crippen LogP contribution in [-0.4, -0.2) is 29.7 Å². The molecule has 0 amide bonds. The highest BCUT2D eigenvalue weighted by Gasteiger charge is 2.23. The van der Waals surface area contributed by atoms with Gasteiger partial charge in [0.05, 0.1) is 11.8 Å². The first-order chi connectivity index (χ1) is 7.77. The molecule has 1 unspecified atom stereocenters. The van der Waals surface area contributed by atoms with Crippen molar-refractivity contribution in [1.29, 1.82) is 5.26 Å². The van der Waals surface area contributed by atoms with E-state index in [0.29, 0.717) is 5.69 Å². The molecule has 0 aliphatic rings. The van der Waals surface area contributed by atoms with Gasteiger partial charge < -0.3 is 10.1 Å². The first-order valence-corrected chi connectivity index (χ1v) is 6.16. The number of carbonyl (C=O) groups is 1. The van der Waals surface area contributed by atoms with Crippen LogP contribution in [0, 0.1) is 18.3 Å². The lowest BCUT2D eigenvalue weighted by atomic mass is 10.4. The number of aromatic amines is 1. The molecule has 0 fully saturated rings. The third kappa shape index (κ3) is 2.76. The fourth-order valence-corrected chi connectivity index (χ4v) is 1.93. The topological polar surface area (TPSA) is 123 Å². The summed E-state index contributed by atoms with van der Waals surface area (Å²) in [5.74, 6) is -1.28. The van der Waals surface area contributed by atoms with Crippen LogP contribution in [0.5, 0.6) is 0 Å². The molecule has 0 aliphatic heterocycles. The number of H-pyrrole nitrogens is 1. The fourth-order valence-electron chi connectivity index (χ4n) is 1.15. The van der Waals surface area contributed by atoms with Crippen molar-refractivity contribution in [1.82, 2.24) is 4.98 Å². The summed E-state index contributed by atoms with van der Waals surface area (Å²) in [5, 5.41) is 16.1. The molecule has 0 saturated heterocycles. The fraction of sp³-hybridized carbons (Fsp3) is 0.333. The number of sulfonamides is 1. The van der Waals surface area contributed by atoms with Crippen molar-refractivity contribution < 1.29 is 18.3 Å². The van der Waals surface area contributed by atoms with Gasteiger partial charge in [0.25, 0.3) is 0 Å². The number of hydrogen-bond donors (Lipinski definition) is 3. The maximum atomic E-state index is 11.6. The summed E-state index contributed by atoms with van der Waals surface area (Å²) < 4.78 is 25.2. The zero-order valence-corrected chi connectivity index (χ0v) is 10.00. The Morgan fingerprint density at radius 2 is 2.24 bits per heavy atom. The monoisotopic (exact) mass is 257 g/mol. The van der Waals surface area contributed by atoms with Crippen LogP contribution >= 0.6 is 0 Å². The van der Waals surface area contributed by atoms with Crippen molar-refractivity contribution in [3.8, 4) is 6.07 Å². The van der Waals surface area contributed by atoms with Crippen molar-refractivity contribution >= 4 is 21.7 Å². The summed E-state index contributed by atoms with van der Waals surface area (Å²) >= 11 is 0. The first kappa shape index (κ1) is 13.1. The molecule has 0 radical (unpaired) electrons. The van der Waals surface area contributed by atoms with Crippen LogP contribution in [0.15, 0.2) is 6.07 Å². The normalized spacial score (nSPS) is 12.8. The average molecular weight is 257 g/mol. The van der Waals surface area contributed by atoms with Gasteiger partial charge >= 0.3 is 5.97 Å². The predicted octanol–water partition coefficient (Wildman–Crippen LogP) is 0.675. The Morgan fingerprint density at radius 3 is 2.71 bits per heavy atom. The molecule has 3 N–H and O–H groups in total. The standard InChI is InChI=1S/C9H11N3O4S/c1-5-3-7(8(11-5)9(13)14)12-17(15,16)6(2)4-10/h3,6,11-12H,1-2H3,(H,13,14). The number of anilines is 1. The number of nitriles is 1. The first-order valence-electron chi connectivity index (χ1n) is 4.62. The van der Waals surface area contributed by atoms with Gasteiger partial charge in [-0.3, -0.25) is 4.72 Å². The Bertz CT molecular complexity index is 582. The van der Waals surface area contributed by atoms with Gasteiger partial charge in [-0.05, 0) is 19.9 Å². The van der Waals surface area contributed by atoms with E-state index in [0.717, 1.165) is 0 Å². The Balaban J connectivity index is 3.13. The van der Waals surface area contributed by atoms with E-state index < -0.39 is 21.2 Å². The maximum Gasteiger partial charge on any atom is 0.354 e. The van der Waals surface area contributed by atoms with Gasteiger partial charge in [-0.25, -0.2) is 13.2 Å². The lowest BCUT2D eigenvalue weighted by Crippen LogP contribution is -2.24. The smallest absolute Gasteiger partial charge is 0.354 e. The third-order valence-electron chi connectivity index (χ3n) is 2.07. The van der Waals surface area contributed by atoms with Gasteiger partial charge in [-0.1, -0.05) is 0 Å². The zero-order valence-electron chi connectivity index (χ0n) is 9.18. The molecule has 17 heavy (non-hydrogen) atoms. The summed E-state index contributed by atoms with van der Waals surface area (Å²) in [5.41, 5.74) is 0.179. The van der Waals surface area contributed by atoms with Crippen molar-refractivity contribution in [3.63, 3.8) is 0 Å². The summed E-state index contributed by atoms with van der Waals surface area (Å²) in [7, 11) is -3.90. The number of carboxylic acids is 1. The molecule has 0 aromatic carbocycles. The second-order valence-corrected chi connectivity index (χ2v) is 5.47. The number of aryl methyl sites for hydroxylation is 1. The molecule has 7 nitrogen and oxygen atoms in total. The van der Waals surface area contributed by atoms with Crippen LogP contribution in [0.4, 0.5) is 5.69 Å². The molecular weight excluding hydrogens is 246 g/mol. The number of carboxylic acid groups (broad SMARTS) is 1. The van der Waals surface area contributed by atoms with Gasteiger partial charge in [-0.15, -0.1) is 0 Å². The van der Waals surface area contributed by atoms with Gasteiger partial charge in [0.2, 0.25) is 10.0 Å². The summed E-state index contributed by atoms with van der Waals surface area (Å²) in [4.78, 5) is 13.3. The van der Waals surface area contributed by atoms with Crippen LogP contribution < -0.4 is 4.72 Å². The van der Waals surface area contributed by atoms with Gasteiger partial charge in [0.15, 0.2) is 5.25 Å². The Labute approximate surface area is 98.1 Å². The number of aromatic carboxylic acids is 1. The Morgan fingerprint density at radius 1 is 1.65 bits per heavy atom. The highest BCUT2D eigenvalue weighted by molar-refractivity contribution is 7.93. The Hall–Kier alpha value is -2.01. The van der Waals surface area contributed by atoms with Crippen LogP contribution in [0.2, 0.25) is 0 Å². The lowest BCUT2D eigenvalue weighted by molar-refractivity contribution is 0.0692. The highest BCUT2D eigenvalue weighted by atomic mass is 32.2.